The summed E-state index contributed by atoms with van der Waals surface area (Å²) in [4.78, 5) is 10.4. The summed E-state index contributed by atoms with van der Waals surface area (Å²) in [7, 11) is 0. The maximum atomic E-state index is 11.0. The van der Waals surface area contributed by atoms with Crippen LogP contribution in [0.3, 0.4) is 0 Å². The first kappa shape index (κ1) is 18.6. The number of non-ortho nitro benzene ring substituents is 1. The van der Waals surface area contributed by atoms with Crippen LogP contribution in [0.1, 0.15) is 23.2 Å². The van der Waals surface area contributed by atoms with E-state index in [0.717, 1.165) is 20.6 Å². The molecule has 26 heavy (non-hydrogen) atoms. The molecule has 1 atom stereocenters. The Balaban J connectivity index is 1.97. The third kappa shape index (κ3) is 3.65. The molecule has 0 saturated carbocycles. The number of para-hydroxylation sites is 1. The van der Waals surface area contributed by atoms with Gasteiger partial charge in [-0.3, -0.25) is 10.1 Å². The molecule has 1 aromatic heterocycles. The van der Waals surface area contributed by atoms with Crippen molar-refractivity contribution in [2.75, 3.05) is 0 Å². The summed E-state index contributed by atoms with van der Waals surface area (Å²) in [6.45, 7) is 3.71. The van der Waals surface area contributed by atoms with Crippen molar-refractivity contribution in [2.24, 2.45) is 0 Å². The second-order valence-electron chi connectivity index (χ2n) is 6.31. The Morgan fingerprint density at radius 1 is 1.19 bits per heavy atom. The minimum absolute atomic E-state index is 0.00788. The van der Waals surface area contributed by atoms with Crippen LogP contribution in [0.25, 0.3) is 5.69 Å². The molecule has 0 amide bonds. The molecule has 134 valence electrons. The van der Waals surface area contributed by atoms with E-state index in [9.17, 15) is 15.2 Å². The Hall–Kier alpha value is -2.22. The Morgan fingerprint density at radius 3 is 2.38 bits per heavy atom. The van der Waals surface area contributed by atoms with Gasteiger partial charge >= 0.3 is 0 Å². The fourth-order valence-corrected chi connectivity index (χ4v) is 4.45. The lowest BCUT2D eigenvalue weighted by Gasteiger charge is -2.21. The maximum absolute atomic E-state index is 11.0. The van der Waals surface area contributed by atoms with Crippen LogP contribution in [0.2, 0.25) is 0 Å². The Kier molecular flexibility index (Phi) is 5.13. The van der Waals surface area contributed by atoms with E-state index in [4.69, 9.17) is 0 Å². The minimum Gasteiger partial charge on any atom is -0.385 e. The molecular formula is C19H19N2O3S2+. The highest BCUT2D eigenvalue weighted by Gasteiger charge is 2.33. The fraction of sp³-hybridized carbons (Fsp3) is 0.211. The lowest BCUT2D eigenvalue weighted by Crippen LogP contribution is -2.39. The number of thiol groups is 1. The van der Waals surface area contributed by atoms with Gasteiger partial charge in [-0.2, -0.15) is 4.57 Å². The first-order valence-corrected chi connectivity index (χ1v) is 9.32. The van der Waals surface area contributed by atoms with Crippen LogP contribution in [0.15, 0.2) is 58.8 Å². The van der Waals surface area contributed by atoms with Crippen LogP contribution < -0.4 is 4.57 Å². The van der Waals surface area contributed by atoms with Crippen LogP contribution in [0.4, 0.5) is 5.69 Å². The van der Waals surface area contributed by atoms with E-state index in [2.05, 4.69) is 17.2 Å². The molecule has 0 aliphatic rings. The highest BCUT2D eigenvalue weighted by Crippen LogP contribution is 2.31. The molecule has 0 aliphatic carbocycles. The summed E-state index contributed by atoms with van der Waals surface area (Å²) < 4.78 is 2.98. The largest absolute Gasteiger partial charge is 0.385 e. The molecular weight excluding hydrogens is 368 g/mol. The van der Waals surface area contributed by atoms with Gasteiger partial charge in [-0.1, -0.05) is 29.5 Å². The van der Waals surface area contributed by atoms with Crippen molar-refractivity contribution < 1.29 is 14.6 Å². The third-order valence-corrected chi connectivity index (χ3v) is 5.97. The van der Waals surface area contributed by atoms with E-state index in [1.165, 1.54) is 23.5 Å². The molecule has 0 radical (unpaired) electrons. The van der Waals surface area contributed by atoms with Crippen molar-refractivity contribution in [3.63, 3.8) is 0 Å². The van der Waals surface area contributed by atoms with E-state index < -0.39 is 10.5 Å². The van der Waals surface area contributed by atoms with Gasteiger partial charge in [-0.05, 0) is 24.6 Å². The number of benzene rings is 2. The second-order valence-corrected chi connectivity index (χ2v) is 8.15. The number of aliphatic hydroxyl groups is 1. The summed E-state index contributed by atoms with van der Waals surface area (Å²) in [5.74, 6) is 0. The number of rotatable bonds is 5. The van der Waals surface area contributed by atoms with Crippen LogP contribution in [-0.2, 0) is 12.0 Å². The highest BCUT2D eigenvalue weighted by molar-refractivity contribution is 7.82. The second kappa shape index (κ2) is 7.19. The zero-order valence-electron chi connectivity index (χ0n) is 14.4. The lowest BCUT2D eigenvalue weighted by molar-refractivity contribution is -0.607. The van der Waals surface area contributed by atoms with E-state index in [1.54, 1.807) is 19.1 Å². The first-order chi connectivity index (χ1) is 12.3. The summed E-state index contributed by atoms with van der Waals surface area (Å²) in [6.07, 6.45) is 0.367. The zero-order valence-corrected chi connectivity index (χ0v) is 16.1. The highest BCUT2D eigenvalue weighted by atomic mass is 32.2. The van der Waals surface area contributed by atoms with Gasteiger partial charge in [-0.15, -0.1) is 12.6 Å². The van der Waals surface area contributed by atoms with E-state index in [-0.39, 0.29) is 5.69 Å². The summed E-state index contributed by atoms with van der Waals surface area (Å²) >= 11 is 6.08. The minimum atomic E-state index is -1.16. The Morgan fingerprint density at radius 2 is 1.81 bits per heavy atom. The predicted octanol–water partition coefficient (Wildman–Crippen LogP) is 3.98. The first-order valence-electron chi connectivity index (χ1n) is 8.05. The average molecular weight is 388 g/mol. The lowest BCUT2D eigenvalue weighted by atomic mass is 9.92. The molecule has 3 aromatic rings. The Labute approximate surface area is 161 Å². The summed E-state index contributed by atoms with van der Waals surface area (Å²) in [5.41, 5.74) is 1.50. The van der Waals surface area contributed by atoms with Crippen LogP contribution in [-0.4, -0.2) is 10.0 Å². The smallest absolute Gasteiger partial charge is 0.269 e. The third-order valence-electron chi connectivity index (χ3n) is 4.32. The number of hydrogen-bond donors (Lipinski definition) is 2. The molecule has 3 rings (SSSR count). The molecule has 0 fully saturated rings. The quantitative estimate of drug-likeness (QED) is 0.301. The molecule has 0 bridgehead atoms. The number of nitro benzene ring substituents is 1. The molecule has 1 heterocycles. The van der Waals surface area contributed by atoms with Crippen molar-refractivity contribution >= 4 is 29.7 Å². The SMILES string of the molecule is Cc1c(S)sc(CC(C)(O)c2ccc([N+](=O)[O-])cc2)[n+]1-c1ccccc1. The molecule has 0 saturated heterocycles. The standard InChI is InChI=1S/C19H18N2O3S2/c1-13-18(25)26-17(20(13)15-6-4-3-5-7-15)12-19(2,22)14-8-10-16(11-9-14)21(23)24/h3-11,22H,12H2,1-2H3/p+1. The van der Waals surface area contributed by atoms with E-state index in [0.29, 0.717) is 12.0 Å². The van der Waals surface area contributed by atoms with Crippen molar-refractivity contribution in [1.29, 1.82) is 0 Å². The van der Waals surface area contributed by atoms with Crippen molar-refractivity contribution in [2.45, 2.75) is 30.1 Å². The fourth-order valence-electron chi connectivity index (χ4n) is 2.88. The summed E-state index contributed by atoms with van der Waals surface area (Å²) in [5, 5.41) is 22.8. The predicted molar refractivity (Wildman–Crippen MR) is 104 cm³/mol. The topological polar surface area (TPSA) is 67.2 Å². The van der Waals surface area contributed by atoms with Gasteiger partial charge in [0.2, 0.25) is 16.4 Å². The molecule has 0 spiro atoms. The van der Waals surface area contributed by atoms with Gasteiger partial charge in [0, 0.05) is 31.2 Å². The molecule has 2 aromatic carbocycles. The van der Waals surface area contributed by atoms with Crippen molar-refractivity contribution in [1.82, 2.24) is 0 Å². The molecule has 1 unspecified atom stereocenters. The normalized spacial score (nSPS) is 13.4. The number of thiazole rings is 1. The monoisotopic (exact) mass is 387 g/mol. The van der Waals surface area contributed by atoms with Crippen LogP contribution >= 0.6 is 24.0 Å². The number of hydrogen-bond acceptors (Lipinski definition) is 5. The van der Waals surface area contributed by atoms with Gasteiger partial charge in [0.15, 0.2) is 0 Å². The maximum Gasteiger partial charge on any atom is 0.269 e. The van der Waals surface area contributed by atoms with Crippen LogP contribution in [0, 0.1) is 17.0 Å². The zero-order chi connectivity index (χ0) is 18.9. The van der Waals surface area contributed by atoms with Crippen LogP contribution in [0.5, 0.6) is 0 Å². The van der Waals surface area contributed by atoms with Crippen molar-refractivity contribution in [3.05, 3.63) is 81.0 Å². The molecule has 5 nitrogen and oxygen atoms in total. The van der Waals surface area contributed by atoms with E-state index >= 15 is 0 Å². The molecule has 1 N–H and O–H groups in total. The van der Waals surface area contributed by atoms with Gasteiger partial charge in [0.05, 0.1) is 16.9 Å². The van der Waals surface area contributed by atoms with Gasteiger partial charge in [0.25, 0.3) is 5.69 Å². The Bertz CT molecular complexity index is 935. The van der Waals surface area contributed by atoms with Gasteiger partial charge in [-0.25, -0.2) is 0 Å². The number of aromatic nitrogens is 1. The number of nitro groups is 1. The van der Waals surface area contributed by atoms with E-state index in [1.807, 2.05) is 37.3 Å². The molecule has 7 heteroatoms. The molecule has 0 aliphatic heterocycles. The number of nitrogens with zero attached hydrogens (tertiary/aromatic N) is 2. The average Bonchev–Trinajstić information content (AvgIpc) is 2.89. The van der Waals surface area contributed by atoms with Gasteiger partial charge in [0.1, 0.15) is 4.21 Å². The van der Waals surface area contributed by atoms with Gasteiger partial charge < -0.3 is 5.11 Å². The summed E-state index contributed by atoms with van der Waals surface area (Å²) in [6, 6.07) is 16.0. The van der Waals surface area contributed by atoms with Crippen molar-refractivity contribution in [3.8, 4) is 5.69 Å².